The summed E-state index contributed by atoms with van der Waals surface area (Å²) in [5.74, 6) is 0.408. The number of methoxy groups -OCH3 is 1. The fourth-order valence-corrected chi connectivity index (χ4v) is 2.21. The minimum absolute atomic E-state index is 0.120. The largest absolute Gasteiger partial charge is 0.496 e. The van der Waals surface area contributed by atoms with Gasteiger partial charge in [-0.15, -0.1) is 0 Å². The molecule has 0 atom stereocenters. The number of ether oxygens (including phenoxy) is 1. The van der Waals surface area contributed by atoms with Crippen LogP contribution in [-0.4, -0.2) is 19.6 Å². The molecule has 2 aromatic carbocycles. The molecular formula is C17H20N2O2. The average Bonchev–Trinajstić information content (AvgIpc) is 2.49. The van der Waals surface area contributed by atoms with Crippen molar-refractivity contribution in [2.45, 2.75) is 13.8 Å². The van der Waals surface area contributed by atoms with Crippen LogP contribution >= 0.6 is 0 Å². The quantitative estimate of drug-likeness (QED) is 0.877. The molecule has 4 heteroatoms. The second kappa shape index (κ2) is 6.31. The van der Waals surface area contributed by atoms with E-state index in [1.54, 1.807) is 30.2 Å². The molecular weight excluding hydrogens is 264 g/mol. The third-order valence-electron chi connectivity index (χ3n) is 3.36. The summed E-state index contributed by atoms with van der Waals surface area (Å²) in [6.07, 6.45) is 0. The molecule has 2 aromatic rings. The fourth-order valence-electron chi connectivity index (χ4n) is 2.21. The van der Waals surface area contributed by atoms with Crippen molar-refractivity contribution in [3.63, 3.8) is 0 Å². The number of hydrogen-bond donors (Lipinski definition) is 1. The Hall–Kier alpha value is -2.49. The number of benzene rings is 2. The van der Waals surface area contributed by atoms with Gasteiger partial charge >= 0.3 is 0 Å². The summed E-state index contributed by atoms with van der Waals surface area (Å²) in [7, 11) is 1.55. The van der Waals surface area contributed by atoms with E-state index in [2.05, 4.69) is 0 Å². The molecule has 2 N–H and O–H groups in total. The van der Waals surface area contributed by atoms with Crippen LogP contribution in [0.1, 0.15) is 22.8 Å². The van der Waals surface area contributed by atoms with E-state index in [0.717, 1.165) is 11.3 Å². The Morgan fingerprint density at radius 1 is 1.19 bits per heavy atom. The fraction of sp³-hybridized carbons (Fsp3) is 0.235. The van der Waals surface area contributed by atoms with Crippen LogP contribution in [0.25, 0.3) is 0 Å². The van der Waals surface area contributed by atoms with Crippen LogP contribution in [0.3, 0.4) is 0 Å². The van der Waals surface area contributed by atoms with E-state index >= 15 is 0 Å². The maximum atomic E-state index is 12.8. The average molecular weight is 284 g/mol. The lowest BCUT2D eigenvalue weighted by Crippen LogP contribution is -2.31. The van der Waals surface area contributed by atoms with Gasteiger partial charge in [0.05, 0.1) is 12.7 Å². The first-order valence-electron chi connectivity index (χ1n) is 6.89. The number of nitrogens with two attached hydrogens (primary N) is 1. The highest BCUT2D eigenvalue weighted by atomic mass is 16.5. The summed E-state index contributed by atoms with van der Waals surface area (Å²) < 4.78 is 5.27. The molecule has 4 nitrogen and oxygen atoms in total. The number of aryl methyl sites for hydroxylation is 1. The smallest absolute Gasteiger partial charge is 0.262 e. The lowest BCUT2D eigenvalue weighted by atomic mass is 10.1. The van der Waals surface area contributed by atoms with Crippen molar-refractivity contribution in [2.75, 3.05) is 24.3 Å². The highest BCUT2D eigenvalue weighted by molar-refractivity contribution is 6.08. The van der Waals surface area contributed by atoms with Crippen molar-refractivity contribution in [3.8, 4) is 5.75 Å². The van der Waals surface area contributed by atoms with Crippen molar-refractivity contribution in [1.82, 2.24) is 0 Å². The van der Waals surface area contributed by atoms with E-state index in [4.69, 9.17) is 10.5 Å². The molecule has 1 amide bonds. The van der Waals surface area contributed by atoms with Gasteiger partial charge in [0.2, 0.25) is 0 Å². The van der Waals surface area contributed by atoms with Gasteiger partial charge in [-0.3, -0.25) is 4.79 Å². The van der Waals surface area contributed by atoms with Crippen molar-refractivity contribution in [1.29, 1.82) is 0 Å². The standard InChI is InChI=1S/C17H20N2O2/c1-4-19(14-8-5-12(2)6-9-14)17(20)15-11-13(18)7-10-16(15)21-3/h5-11H,4,18H2,1-3H3. The Kier molecular flexibility index (Phi) is 4.48. The van der Waals surface area contributed by atoms with Crippen molar-refractivity contribution in [3.05, 3.63) is 53.6 Å². The minimum atomic E-state index is -0.120. The van der Waals surface area contributed by atoms with Crippen LogP contribution in [-0.2, 0) is 0 Å². The first-order valence-corrected chi connectivity index (χ1v) is 6.89. The van der Waals surface area contributed by atoms with Gasteiger partial charge in [-0.05, 0) is 44.2 Å². The van der Waals surface area contributed by atoms with Crippen LogP contribution in [0, 0.1) is 6.92 Å². The molecule has 2 rings (SSSR count). The summed E-state index contributed by atoms with van der Waals surface area (Å²) in [6, 6.07) is 12.9. The number of nitrogens with zero attached hydrogens (tertiary/aromatic N) is 1. The predicted octanol–water partition coefficient (Wildman–Crippen LogP) is 3.25. The van der Waals surface area contributed by atoms with E-state index in [1.165, 1.54) is 0 Å². The van der Waals surface area contributed by atoms with E-state index in [1.807, 2.05) is 38.1 Å². The van der Waals surface area contributed by atoms with Crippen molar-refractivity contribution < 1.29 is 9.53 Å². The Bertz CT molecular complexity index is 636. The molecule has 0 saturated carbocycles. The van der Waals surface area contributed by atoms with Crippen LogP contribution in [0.2, 0.25) is 0 Å². The number of hydrogen-bond acceptors (Lipinski definition) is 3. The molecule has 0 aliphatic carbocycles. The minimum Gasteiger partial charge on any atom is -0.496 e. The number of nitrogen functional groups attached to an aromatic ring is 1. The van der Waals surface area contributed by atoms with Gasteiger partial charge in [-0.25, -0.2) is 0 Å². The number of amides is 1. The molecule has 0 saturated heterocycles. The van der Waals surface area contributed by atoms with E-state index in [0.29, 0.717) is 23.5 Å². The highest BCUT2D eigenvalue weighted by Gasteiger charge is 2.20. The van der Waals surface area contributed by atoms with Gasteiger partial charge in [0.15, 0.2) is 0 Å². The summed E-state index contributed by atoms with van der Waals surface area (Å²) in [4.78, 5) is 14.5. The van der Waals surface area contributed by atoms with E-state index in [-0.39, 0.29) is 5.91 Å². The molecule has 110 valence electrons. The molecule has 0 aromatic heterocycles. The van der Waals surface area contributed by atoms with Crippen LogP contribution in [0.15, 0.2) is 42.5 Å². The summed E-state index contributed by atoms with van der Waals surface area (Å²) in [5.41, 5.74) is 8.82. The van der Waals surface area contributed by atoms with Crippen LogP contribution in [0.4, 0.5) is 11.4 Å². The van der Waals surface area contributed by atoms with Gasteiger partial charge in [0, 0.05) is 17.9 Å². The molecule has 0 aliphatic rings. The topological polar surface area (TPSA) is 55.6 Å². The summed E-state index contributed by atoms with van der Waals surface area (Å²) >= 11 is 0. The lowest BCUT2D eigenvalue weighted by Gasteiger charge is -2.22. The van der Waals surface area contributed by atoms with Crippen molar-refractivity contribution >= 4 is 17.3 Å². The first-order chi connectivity index (χ1) is 10.1. The zero-order valence-electron chi connectivity index (χ0n) is 12.6. The van der Waals surface area contributed by atoms with Gasteiger partial charge in [0.1, 0.15) is 5.75 Å². The van der Waals surface area contributed by atoms with E-state index < -0.39 is 0 Å². The lowest BCUT2D eigenvalue weighted by molar-refractivity contribution is 0.0985. The molecule has 0 aliphatic heterocycles. The van der Waals surface area contributed by atoms with Crippen LogP contribution in [0.5, 0.6) is 5.75 Å². The summed E-state index contributed by atoms with van der Waals surface area (Å²) in [6.45, 7) is 4.53. The second-order valence-corrected chi connectivity index (χ2v) is 4.84. The predicted molar refractivity (Wildman–Crippen MR) is 85.9 cm³/mol. The van der Waals surface area contributed by atoms with Gasteiger partial charge in [0.25, 0.3) is 5.91 Å². The molecule has 0 radical (unpaired) electrons. The second-order valence-electron chi connectivity index (χ2n) is 4.84. The number of carbonyl (C=O) groups excluding carboxylic acids is 1. The molecule has 0 spiro atoms. The number of anilines is 2. The van der Waals surface area contributed by atoms with Crippen LogP contribution < -0.4 is 15.4 Å². The number of carbonyl (C=O) groups is 1. The zero-order chi connectivity index (χ0) is 15.4. The third kappa shape index (κ3) is 3.16. The molecule has 0 heterocycles. The third-order valence-corrected chi connectivity index (χ3v) is 3.36. The Morgan fingerprint density at radius 2 is 1.86 bits per heavy atom. The Labute approximate surface area is 125 Å². The van der Waals surface area contributed by atoms with Gasteiger partial charge < -0.3 is 15.4 Å². The maximum Gasteiger partial charge on any atom is 0.262 e. The monoisotopic (exact) mass is 284 g/mol. The normalized spacial score (nSPS) is 10.2. The summed E-state index contributed by atoms with van der Waals surface area (Å²) in [5, 5.41) is 0. The Balaban J connectivity index is 2.41. The molecule has 0 bridgehead atoms. The zero-order valence-corrected chi connectivity index (χ0v) is 12.6. The van der Waals surface area contributed by atoms with Crippen molar-refractivity contribution in [2.24, 2.45) is 0 Å². The number of rotatable bonds is 4. The van der Waals surface area contributed by atoms with E-state index in [9.17, 15) is 4.79 Å². The Morgan fingerprint density at radius 3 is 2.43 bits per heavy atom. The molecule has 0 unspecified atom stereocenters. The highest BCUT2D eigenvalue weighted by Crippen LogP contribution is 2.25. The van der Waals surface area contributed by atoms with Gasteiger partial charge in [-0.1, -0.05) is 17.7 Å². The SMILES string of the molecule is CCN(C(=O)c1cc(N)ccc1OC)c1ccc(C)cc1. The van der Waals surface area contributed by atoms with Gasteiger partial charge in [-0.2, -0.15) is 0 Å². The first kappa shape index (κ1) is 14.9. The molecule has 0 fully saturated rings. The maximum absolute atomic E-state index is 12.8. The molecule has 21 heavy (non-hydrogen) atoms.